The second kappa shape index (κ2) is 10.2. The van der Waals surface area contributed by atoms with Gasteiger partial charge in [0.05, 0.1) is 12.2 Å². The van der Waals surface area contributed by atoms with Gasteiger partial charge in [0.1, 0.15) is 5.75 Å². The molecule has 28 heavy (non-hydrogen) atoms. The molecule has 0 aliphatic rings. The largest absolute Gasteiger partial charge is 0.462 e. The molecule has 5 heteroatoms. The average Bonchev–Trinajstić information content (AvgIpc) is 2.74. The zero-order valence-corrected chi connectivity index (χ0v) is 15.9. The highest BCUT2D eigenvalue weighted by Gasteiger charge is 2.07. The first-order valence-electron chi connectivity index (χ1n) is 9.39. The van der Waals surface area contributed by atoms with Gasteiger partial charge in [-0.15, -0.1) is 0 Å². The maximum atomic E-state index is 11.6. The molecule has 0 atom stereocenters. The minimum Gasteiger partial charge on any atom is -0.462 e. The highest BCUT2D eigenvalue weighted by molar-refractivity contribution is 5.89. The van der Waals surface area contributed by atoms with Crippen LogP contribution < -0.4 is 10.1 Å². The van der Waals surface area contributed by atoms with E-state index in [1.165, 1.54) is 17.3 Å². The summed E-state index contributed by atoms with van der Waals surface area (Å²) in [5.74, 6) is 0.747. The predicted molar refractivity (Wildman–Crippen MR) is 109 cm³/mol. The third-order valence-electron chi connectivity index (χ3n) is 4.16. The molecular weight excluding hydrogens is 352 g/mol. The van der Waals surface area contributed by atoms with Crippen molar-refractivity contribution >= 4 is 5.97 Å². The second-order valence-corrected chi connectivity index (χ2v) is 6.26. The number of ether oxygens (including phenoxy) is 2. The fraction of sp³-hybridized carbons (Fsp3) is 0.217. The van der Waals surface area contributed by atoms with E-state index in [0.29, 0.717) is 23.8 Å². The maximum Gasteiger partial charge on any atom is 0.339 e. The van der Waals surface area contributed by atoms with Crippen LogP contribution >= 0.6 is 0 Å². The Hall–Kier alpha value is -3.18. The van der Waals surface area contributed by atoms with Crippen LogP contribution in [0.1, 0.15) is 28.4 Å². The lowest BCUT2D eigenvalue weighted by Gasteiger charge is -2.08. The van der Waals surface area contributed by atoms with Gasteiger partial charge >= 0.3 is 5.97 Å². The van der Waals surface area contributed by atoms with Crippen LogP contribution in [0, 0.1) is 0 Å². The van der Waals surface area contributed by atoms with E-state index >= 15 is 0 Å². The summed E-state index contributed by atoms with van der Waals surface area (Å²) in [6, 6.07) is 21.6. The molecule has 1 aromatic heterocycles. The van der Waals surface area contributed by atoms with Gasteiger partial charge in [0.25, 0.3) is 0 Å². The summed E-state index contributed by atoms with van der Waals surface area (Å²) in [6.07, 6.45) is 2.47. The van der Waals surface area contributed by atoms with Gasteiger partial charge in [-0.25, -0.2) is 9.78 Å². The van der Waals surface area contributed by atoms with Crippen LogP contribution in [0.2, 0.25) is 0 Å². The van der Waals surface area contributed by atoms with Crippen LogP contribution in [-0.2, 0) is 17.7 Å². The van der Waals surface area contributed by atoms with Crippen molar-refractivity contribution in [3.05, 3.63) is 89.6 Å². The first-order valence-corrected chi connectivity index (χ1v) is 9.39. The van der Waals surface area contributed by atoms with E-state index < -0.39 is 0 Å². The number of benzene rings is 2. The number of carbonyl (C=O) groups is 1. The summed E-state index contributed by atoms with van der Waals surface area (Å²) in [4.78, 5) is 15.8. The Bertz CT molecular complexity index is 863. The number of esters is 1. The lowest BCUT2D eigenvalue weighted by Crippen LogP contribution is -2.16. The van der Waals surface area contributed by atoms with Gasteiger partial charge in [-0.1, -0.05) is 42.5 Å². The minimum atomic E-state index is -0.384. The van der Waals surface area contributed by atoms with E-state index in [9.17, 15) is 4.79 Å². The lowest BCUT2D eigenvalue weighted by molar-refractivity contribution is 0.0526. The predicted octanol–water partition coefficient (Wildman–Crippen LogP) is 4.38. The molecule has 5 nitrogen and oxygen atoms in total. The minimum absolute atomic E-state index is 0.338. The standard InChI is InChI=1S/C23H24N2O3/c1-2-27-23(26)20-10-13-22(25-17-20)28-21-11-8-19(9-12-21)16-24-15-14-18-6-4-3-5-7-18/h3-13,17,24H,2,14-16H2,1H3. The van der Waals surface area contributed by atoms with E-state index in [4.69, 9.17) is 9.47 Å². The smallest absolute Gasteiger partial charge is 0.339 e. The first kappa shape index (κ1) is 19.6. The quantitative estimate of drug-likeness (QED) is 0.443. The molecule has 3 rings (SSSR count). The van der Waals surface area contributed by atoms with Crippen molar-refractivity contribution in [2.45, 2.75) is 19.9 Å². The van der Waals surface area contributed by atoms with Gasteiger partial charge in [-0.2, -0.15) is 0 Å². The molecule has 144 valence electrons. The first-order chi connectivity index (χ1) is 13.7. The summed E-state index contributed by atoms with van der Waals surface area (Å²) < 4.78 is 10.7. The summed E-state index contributed by atoms with van der Waals surface area (Å²) in [7, 11) is 0. The molecule has 0 spiro atoms. The number of carbonyl (C=O) groups excluding carboxylic acids is 1. The van der Waals surface area contributed by atoms with E-state index in [2.05, 4.69) is 34.6 Å². The topological polar surface area (TPSA) is 60.5 Å². The van der Waals surface area contributed by atoms with Crippen LogP contribution in [-0.4, -0.2) is 24.1 Å². The number of rotatable bonds is 9. The summed E-state index contributed by atoms with van der Waals surface area (Å²) >= 11 is 0. The maximum absolute atomic E-state index is 11.6. The van der Waals surface area contributed by atoms with Gasteiger partial charge in [-0.05, 0) is 49.2 Å². The molecule has 0 amide bonds. The van der Waals surface area contributed by atoms with Crippen molar-refractivity contribution in [1.29, 1.82) is 0 Å². The molecule has 0 radical (unpaired) electrons. The lowest BCUT2D eigenvalue weighted by atomic mass is 10.1. The third kappa shape index (κ3) is 5.93. The molecule has 0 saturated heterocycles. The third-order valence-corrected chi connectivity index (χ3v) is 4.16. The Kier molecular flexibility index (Phi) is 7.15. The van der Waals surface area contributed by atoms with Crippen molar-refractivity contribution in [2.75, 3.05) is 13.2 Å². The van der Waals surface area contributed by atoms with E-state index in [-0.39, 0.29) is 5.97 Å². The highest BCUT2D eigenvalue weighted by atomic mass is 16.5. The van der Waals surface area contributed by atoms with Crippen LogP contribution in [0.5, 0.6) is 11.6 Å². The Morgan fingerprint density at radius 3 is 2.43 bits per heavy atom. The van der Waals surface area contributed by atoms with Crippen molar-refractivity contribution < 1.29 is 14.3 Å². The number of hydrogen-bond donors (Lipinski definition) is 1. The van der Waals surface area contributed by atoms with E-state index in [1.807, 2.05) is 30.3 Å². The SMILES string of the molecule is CCOC(=O)c1ccc(Oc2ccc(CNCCc3ccccc3)cc2)nc1. The number of pyridine rings is 1. The second-order valence-electron chi connectivity index (χ2n) is 6.26. The Morgan fingerprint density at radius 2 is 1.75 bits per heavy atom. The molecule has 0 aliphatic heterocycles. The van der Waals surface area contributed by atoms with Crippen molar-refractivity contribution in [1.82, 2.24) is 10.3 Å². The molecule has 0 unspecified atom stereocenters. The number of aromatic nitrogens is 1. The van der Waals surface area contributed by atoms with Gasteiger partial charge < -0.3 is 14.8 Å². The van der Waals surface area contributed by atoms with Crippen molar-refractivity contribution in [2.24, 2.45) is 0 Å². The van der Waals surface area contributed by atoms with Crippen LogP contribution in [0.25, 0.3) is 0 Å². The van der Waals surface area contributed by atoms with Gasteiger partial charge in [0, 0.05) is 18.8 Å². The molecule has 0 aliphatic carbocycles. The molecule has 1 N–H and O–H groups in total. The zero-order chi connectivity index (χ0) is 19.6. The fourth-order valence-corrected chi connectivity index (χ4v) is 2.68. The average molecular weight is 376 g/mol. The summed E-state index contributed by atoms with van der Waals surface area (Å²) in [5.41, 5.74) is 2.93. The van der Waals surface area contributed by atoms with Gasteiger partial charge in [0.15, 0.2) is 0 Å². The van der Waals surface area contributed by atoms with Crippen molar-refractivity contribution in [3.63, 3.8) is 0 Å². The number of hydrogen-bond acceptors (Lipinski definition) is 5. The molecule has 0 saturated carbocycles. The molecule has 1 heterocycles. The number of nitrogens with zero attached hydrogens (tertiary/aromatic N) is 1. The molecule has 0 bridgehead atoms. The molecule has 2 aromatic carbocycles. The summed E-state index contributed by atoms with van der Waals surface area (Å²) in [5, 5.41) is 3.45. The Balaban J connectivity index is 1.45. The Morgan fingerprint density at radius 1 is 0.964 bits per heavy atom. The van der Waals surface area contributed by atoms with Gasteiger partial charge in [-0.3, -0.25) is 0 Å². The van der Waals surface area contributed by atoms with E-state index in [1.54, 1.807) is 19.1 Å². The number of nitrogens with one attached hydrogen (secondary N) is 1. The zero-order valence-electron chi connectivity index (χ0n) is 15.9. The van der Waals surface area contributed by atoms with Crippen LogP contribution in [0.15, 0.2) is 72.9 Å². The molecule has 0 fully saturated rings. The molecule has 3 aromatic rings. The summed E-state index contributed by atoms with van der Waals surface area (Å²) in [6.45, 7) is 3.84. The molecular formula is C23H24N2O3. The van der Waals surface area contributed by atoms with Gasteiger partial charge in [0.2, 0.25) is 5.88 Å². The monoisotopic (exact) mass is 376 g/mol. The van der Waals surface area contributed by atoms with E-state index in [0.717, 1.165) is 19.5 Å². The normalized spacial score (nSPS) is 10.5. The van der Waals surface area contributed by atoms with Crippen LogP contribution in [0.4, 0.5) is 0 Å². The van der Waals surface area contributed by atoms with Crippen molar-refractivity contribution in [3.8, 4) is 11.6 Å². The fourth-order valence-electron chi connectivity index (χ4n) is 2.68. The highest BCUT2D eigenvalue weighted by Crippen LogP contribution is 2.20. The Labute approximate surface area is 165 Å². The van der Waals surface area contributed by atoms with Crippen LogP contribution in [0.3, 0.4) is 0 Å².